The lowest BCUT2D eigenvalue weighted by Crippen LogP contribution is -2.48. The number of carbonyl (C=O) groups excluding carboxylic acids is 1. The fraction of sp³-hybridized carbons (Fsp3) is 0.409. The number of likely N-dealkylation sites (tertiary alicyclic amines) is 1. The van der Waals surface area contributed by atoms with Crippen LogP contribution in [-0.2, 0) is 10.2 Å². The van der Waals surface area contributed by atoms with Crippen LogP contribution in [0.3, 0.4) is 0 Å². The van der Waals surface area contributed by atoms with E-state index in [9.17, 15) is 4.79 Å². The van der Waals surface area contributed by atoms with E-state index in [4.69, 9.17) is 27.9 Å². The molecule has 0 radical (unpaired) electrons. The van der Waals surface area contributed by atoms with E-state index in [0.29, 0.717) is 23.2 Å². The molecule has 3 nitrogen and oxygen atoms in total. The van der Waals surface area contributed by atoms with Gasteiger partial charge in [0.2, 0.25) is 0 Å². The molecule has 0 aliphatic carbocycles. The molecule has 5 heteroatoms. The summed E-state index contributed by atoms with van der Waals surface area (Å²) < 4.78 is 5.27. The third kappa shape index (κ3) is 4.66. The fourth-order valence-corrected chi connectivity index (χ4v) is 4.33. The van der Waals surface area contributed by atoms with E-state index in [0.717, 1.165) is 43.4 Å². The lowest BCUT2D eigenvalue weighted by atomic mass is 9.71. The number of hydrogen-bond acceptors (Lipinski definition) is 2. The quantitative estimate of drug-likeness (QED) is 0.585. The maximum absolute atomic E-state index is 13.0. The van der Waals surface area contributed by atoms with E-state index < -0.39 is 0 Å². The molecular weight excluding hydrogens is 381 g/mol. The van der Waals surface area contributed by atoms with Gasteiger partial charge in [-0.15, -0.1) is 0 Å². The minimum absolute atomic E-state index is 0.0893. The predicted molar refractivity (Wildman–Crippen MR) is 111 cm³/mol. The van der Waals surface area contributed by atoms with Gasteiger partial charge in [0.15, 0.2) is 0 Å². The maximum atomic E-state index is 13.0. The van der Waals surface area contributed by atoms with Crippen LogP contribution in [0.2, 0.25) is 10.0 Å². The number of carbonyl (C=O) groups is 1. The van der Waals surface area contributed by atoms with Crippen LogP contribution in [0.25, 0.3) is 0 Å². The number of ether oxygens (including phenoxy) is 1. The molecule has 144 valence electrons. The Morgan fingerprint density at radius 2 is 1.93 bits per heavy atom. The van der Waals surface area contributed by atoms with Gasteiger partial charge in [-0.2, -0.15) is 0 Å². The van der Waals surface area contributed by atoms with Crippen molar-refractivity contribution in [2.24, 2.45) is 0 Å². The van der Waals surface area contributed by atoms with Gasteiger partial charge in [0, 0.05) is 37.8 Å². The fourth-order valence-electron chi connectivity index (χ4n) is 4.03. The maximum Gasteiger partial charge on any atom is 0.253 e. The van der Waals surface area contributed by atoms with Gasteiger partial charge in [-0.3, -0.25) is 4.79 Å². The molecule has 1 aliphatic rings. The predicted octanol–water partition coefficient (Wildman–Crippen LogP) is 5.59. The second kappa shape index (κ2) is 9.09. The third-order valence-electron chi connectivity index (χ3n) is 5.42. The van der Waals surface area contributed by atoms with Gasteiger partial charge in [0.25, 0.3) is 5.91 Å². The standard InChI is InChI=1S/C22H25Cl2NO2/c1-27-14-6-12-22(18-9-10-19(23)20(24)15-18)11-5-13-25(16-22)21(26)17-7-3-2-4-8-17/h2-4,7-10,15H,5-6,11-14,16H2,1H3. The molecular formula is C22H25Cl2NO2. The summed E-state index contributed by atoms with van der Waals surface area (Å²) in [7, 11) is 1.72. The van der Waals surface area contributed by atoms with Crippen molar-refractivity contribution in [3.05, 3.63) is 69.7 Å². The molecule has 1 saturated heterocycles. The van der Waals surface area contributed by atoms with Crippen LogP contribution in [0.1, 0.15) is 41.6 Å². The zero-order valence-corrected chi connectivity index (χ0v) is 17.1. The third-order valence-corrected chi connectivity index (χ3v) is 6.16. The lowest BCUT2D eigenvalue weighted by molar-refractivity contribution is 0.0614. The number of methoxy groups -OCH3 is 1. The minimum atomic E-state index is -0.130. The van der Waals surface area contributed by atoms with E-state index in [1.807, 2.05) is 47.4 Å². The Balaban J connectivity index is 1.89. The van der Waals surface area contributed by atoms with Gasteiger partial charge < -0.3 is 9.64 Å². The van der Waals surface area contributed by atoms with Gasteiger partial charge in [-0.25, -0.2) is 0 Å². The molecule has 0 bridgehead atoms. The topological polar surface area (TPSA) is 29.5 Å². The number of amides is 1. The van der Waals surface area contributed by atoms with Crippen molar-refractivity contribution in [2.75, 3.05) is 26.8 Å². The van der Waals surface area contributed by atoms with Crippen molar-refractivity contribution in [1.29, 1.82) is 0 Å². The van der Waals surface area contributed by atoms with Crippen LogP contribution < -0.4 is 0 Å². The highest BCUT2D eigenvalue weighted by atomic mass is 35.5. The average molecular weight is 406 g/mol. The summed E-state index contributed by atoms with van der Waals surface area (Å²) in [6.07, 6.45) is 3.86. The normalized spacial score (nSPS) is 19.9. The Labute approximate surface area is 171 Å². The number of halogens is 2. The van der Waals surface area contributed by atoms with Crippen LogP contribution in [0, 0.1) is 0 Å². The van der Waals surface area contributed by atoms with Crippen molar-refractivity contribution in [3.63, 3.8) is 0 Å². The minimum Gasteiger partial charge on any atom is -0.385 e. The summed E-state index contributed by atoms with van der Waals surface area (Å²) in [5, 5.41) is 1.12. The van der Waals surface area contributed by atoms with E-state index in [1.54, 1.807) is 7.11 Å². The van der Waals surface area contributed by atoms with Crippen molar-refractivity contribution >= 4 is 29.1 Å². The molecule has 1 amide bonds. The Morgan fingerprint density at radius 3 is 2.63 bits per heavy atom. The van der Waals surface area contributed by atoms with Gasteiger partial charge >= 0.3 is 0 Å². The molecule has 1 fully saturated rings. The molecule has 27 heavy (non-hydrogen) atoms. The van der Waals surface area contributed by atoms with Crippen molar-refractivity contribution in [2.45, 2.75) is 31.1 Å². The number of rotatable bonds is 6. The Kier molecular flexibility index (Phi) is 6.80. The van der Waals surface area contributed by atoms with Crippen molar-refractivity contribution < 1.29 is 9.53 Å². The zero-order valence-electron chi connectivity index (χ0n) is 15.6. The van der Waals surface area contributed by atoms with Gasteiger partial charge in [-0.1, -0.05) is 47.5 Å². The number of piperidine rings is 1. The van der Waals surface area contributed by atoms with Crippen LogP contribution in [-0.4, -0.2) is 37.6 Å². The first-order chi connectivity index (χ1) is 13.1. The molecule has 1 atom stereocenters. The van der Waals surface area contributed by atoms with Crippen LogP contribution >= 0.6 is 23.2 Å². The smallest absolute Gasteiger partial charge is 0.253 e. The molecule has 1 unspecified atom stereocenters. The Bertz CT molecular complexity index is 781. The van der Waals surface area contributed by atoms with Gasteiger partial charge in [0.1, 0.15) is 0 Å². The summed E-state index contributed by atoms with van der Waals surface area (Å²) >= 11 is 12.4. The van der Waals surface area contributed by atoms with Crippen LogP contribution in [0.15, 0.2) is 48.5 Å². The first kappa shape index (κ1) is 20.2. The first-order valence-electron chi connectivity index (χ1n) is 9.34. The van der Waals surface area contributed by atoms with Crippen LogP contribution in [0.5, 0.6) is 0 Å². The largest absolute Gasteiger partial charge is 0.385 e. The highest BCUT2D eigenvalue weighted by molar-refractivity contribution is 6.42. The molecule has 0 N–H and O–H groups in total. The molecule has 2 aromatic carbocycles. The summed E-state index contributed by atoms with van der Waals surface area (Å²) in [5.74, 6) is 0.0893. The average Bonchev–Trinajstić information content (AvgIpc) is 2.70. The summed E-state index contributed by atoms with van der Waals surface area (Å²) in [6.45, 7) is 2.17. The monoisotopic (exact) mass is 405 g/mol. The summed E-state index contributed by atoms with van der Waals surface area (Å²) in [4.78, 5) is 15.0. The second-order valence-corrected chi connectivity index (χ2v) is 8.02. The molecule has 0 aromatic heterocycles. The van der Waals surface area contributed by atoms with Crippen molar-refractivity contribution in [1.82, 2.24) is 4.90 Å². The number of benzene rings is 2. The summed E-state index contributed by atoms with van der Waals surface area (Å²) in [6, 6.07) is 15.4. The number of nitrogens with zero attached hydrogens (tertiary/aromatic N) is 1. The lowest BCUT2D eigenvalue weighted by Gasteiger charge is -2.44. The molecule has 3 rings (SSSR count). The highest BCUT2D eigenvalue weighted by Crippen LogP contribution is 2.40. The first-order valence-corrected chi connectivity index (χ1v) is 10.1. The van der Waals surface area contributed by atoms with Crippen LogP contribution in [0.4, 0.5) is 0 Å². The van der Waals surface area contributed by atoms with E-state index in [2.05, 4.69) is 6.07 Å². The van der Waals surface area contributed by atoms with Crippen molar-refractivity contribution in [3.8, 4) is 0 Å². The molecule has 1 aliphatic heterocycles. The van der Waals surface area contributed by atoms with E-state index in [-0.39, 0.29) is 11.3 Å². The molecule has 0 saturated carbocycles. The zero-order chi connectivity index (χ0) is 19.3. The molecule has 2 aromatic rings. The SMILES string of the molecule is COCCCC1(c2ccc(Cl)c(Cl)c2)CCCN(C(=O)c2ccccc2)C1. The Morgan fingerprint density at radius 1 is 1.15 bits per heavy atom. The van der Waals surface area contributed by atoms with Gasteiger partial charge in [-0.05, 0) is 55.5 Å². The molecule has 1 heterocycles. The van der Waals surface area contributed by atoms with E-state index >= 15 is 0 Å². The van der Waals surface area contributed by atoms with E-state index in [1.165, 1.54) is 0 Å². The molecule has 0 spiro atoms. The second-order valence-electron chi connectivity index (χ2n) is 7.20. The Hall–Kier alpha value is -1.55. The number of hydrogen-bond donors (Lipinski definition) is 0. The summed E-state index contributed by atoms with van der Waals surface area (Å²) in [5.41, 5.74) is 1.76. The van der Waals surface area contributed by atoms with Gasteiger partial charge in [0.05, 0.1) is 10.0 Å². The highest BCUT2D eigenvalue weighted by Gasteiger charge is 2.38.